The number of benzene rings is 1. The maximum Gasteiger partial charge on any atom is 0.251 e. The Hall–Kier alpha value is -1.75. The Morgan fingerprint density at radius 1 is 1.55 bits per heavy atom. The summed E-state index contributed by atoms with van der Waals surface area (Å²) in [6, 6.07) is 5.82. The van der Waals surface area contributed by atoms with Crippen LogP contribution in [0.15, 0.2) is 18.2 Å². The highest BCUT2D eigenvalue weighted by Crippen LogP contribution is 2.29. The fourth-order valence-electron chi connectivity index (χ4n) is 2.58. The zero-order valence-electron chi connectivity index (χ0n) is 12.3. The van der Waals surface area contributed by atoms with Gasteiger partial charge in [-0.05, 0) is 31.5 Å². The number of rotatable bonds is 3. The molecule has 0 aliphatic carbocycles. The number of morpholine rings is 1. The van der Waals surface area contributed by atoms with E-state index in [-0.39, 0.29) is 12.0 Å². The van der Waals surface area contributed by atoms with E-state index >= 15 is 0 Å². The minimum Gasteiger partial charge on any atom is -0.397 e. The van der Waals surface area contributed by atoms with Crippen molar-refractivity contribution in [2.24, 2.45) is 0 Å². The second-order valence-electron chi connectivity index (χ2n) is 5.21. The first-order chi connectivity index (χ1) is 9.56. The normalized spacial score (nSPS) is 22.6. The molecule has 2 atom stereocenters. The van der Waals surface area contributed by atoms with Gasteiger partial charge in [-0.3, -0.25) is 4.79 Å². The maximum atomic E-state index is 11.6. The molecule has 0 bridgehead atoms. The van der Waals surface area contributed by atoms with Gasteiger partial charge in [0.05, 0.1) is 30.1 Å². The molecule has 0 aromatic heterocycles. The Balaban J connectivity index is 2.29. The standard InChI is InChI=1S/C15H23N3O2/c1-4-12-9-20-10(2)8-18(12)14-6-5-11(7-13(14)16)15(19)17-3/h5-7,10,12H,4,8-9,16H2,1-3H3,(H,17,19). The lowest BCUT2D eigenvalue weighted by atomic mass is 10.1. The summed E-state index contributed by atoms with van der Waals surface area (Å²) in [7, 11) is 1.61. The van der Waals surface area contributed by atoms with Crippen LogP contribution in [-0.2, 0) is 4.74 Å². The van der Waals surface area contributed by atoms with Gasteiger partial charge in [0, 0.05) is 19.2 Å². The number of carbonyl (C=O) groups excluding carboxylic acids is 1. The largest absolute Gasteiger partial charge is 0.397 e. The van der Waals surface area contributed by atoms with Gasteiger partial charge in [-0.2, -0.15) is 0 Å². The SMILES string of the molecule is CCC1COC(C)CN1c1ccc(C(=O)NC)cc1N. The Morgan fingerprint density at radius 2 is 2.30 bits per heavy atom. The average molecular weight is 277 g/mol. The van der Waals surface area contributed by atoms with Crippen LogP contribution < -0.4 is 16.0 Å². The van der Waals surface area contributed by atoms with E-state index in [4.69, 9.17) is 10.5 Å². The molecule has 1 saturated heterocycles. The zero-order valence-corrected chi connectivity index (χ0v) is 12.3. The summed E-state index contributed by atoms with van der Waals surface area (Å²) in [5, 5.41) is 2.61. The quantitative estimate of drug-likeness (QED) is 0.824. The molecule has 1 aliphatic rings. The minimum absolute atomic E-state index is 0.120. The van der Waals surface area contributed by atoms with Gasteiger partial charge in [-0.25, -0.2) is 0 Å². The smallest absolute Gasteiger partial charge is 0.251 e. The van der Waals surface area contributed by atoms with Crippen molar-refractivity contribution in [2.75, 3.05) is 30.8 Å². The number of nitrogen functional groups attached to an aromatic ring is 1. The molecule has 5 nitrogen and oxygen atoms in total. The van der Waals surface area contributed by atoms with Gasteiger partial charge in [0.15, 0.2) is 0 Å². The molecule has 0 spiro atoms. The van der Waals surface area contributed by atoms with Gasteiger partial charge >= 0.3 is 0 Å². The molecule has 1 heterocycles. The van der Waals surface area contributed by atoms with Crippen LogP contribution in [-0.4, -0.2) is 38.3 Å². The monoisotopic (exact) mass is 277 g/mol. The molecule has 5 heteroatoms. The molecule has 0 saturated carbocycles. The number of nitrogens with two attached hydrogens (primary N) is 1. The molecule has 110 valence electrons. The fraction of sp³-hybridized carbons (Fsp3) is 0.533. The van der Waals surface area contributed by atoms with Crippen LogP contribution in [0.25, 0.3) is 0 Å². The van der Waals surface area contributed by atoms with Gasteiger partial charge in [0.2, 0.25) is 0 Å². The third kappa shape index (κ3) is 2.88. The first-order valence-corrected chi connectivity index (χ1v) is 7.06. The van der Waals surface area contributed by atoms with Gasteiger partial charge in [-0.15, -0.1) is 0 Å². The molecular weight excluding hydrogens is 254 g/mol. The van der Waals surface area contributed by atoms with Crippen molar-refractivity contribution >= 4 is 17.3 Å². The number of hydrogen-bond donors (Lipinski definition) is 2. The van der Waals surface area contributed by atoms with Crippen molar-refractivity contribution in [2.45, 2.75) is 32.4 Å². The van der Waals surface area contributed by atoms with Crippen LogP contribution in [0, 0.1) is 0 Å². The van der Waals surface area contributed by atoms with Crippen LogP contribution in [0.3, 0.4) is 0 Å². The second kappa shape index (κ2) is 6.13. The Labute approximate surface area is 120 Å². The lowest BCUT2D eigenvalue weighted by Crippen LogP contribution is -2.49. The predicted octanol–water partition coefficient (Wildman–Crippen LogP) is 1.63. The third-order valence-electron chi connectivity index (χ3n) is 3.77. The van der Waals surface area contributed by atoms with Gasteiger partial charge in [0.25, 0.3) is 5.91 Å². The molecule has 1 fully saturated rings. The van der Waals surface area contributed by atoms with E-state index in [0.29, 0.717) is 23.9 Å². The highest BCUT2D eigenvalue weighted by Gasteiger charge is 2.27. The fourth-order valence-corrected chi connectivity index (χ4v) is 2.58. The van der Waals surface area contributed by atoms with Crippen LogP contribution in [0.1, 0.15) is 30.6 Å². The average Bonchev–Trinajstić information content (AvgIpc) is 2.46. The summed E-state index contributed by atoms with van der Waals surface area (Å²) in [6.45, 7) is 5.75. The van der Waals surface area contributed by atoms with Crippen LogP contribution in [0.4, 0.5) is 11.4 Å². The molecule has 20 heavy (non-hydrogen) atoms. The molecular formula is C15H23N3O2. The number of amides is 1. The summed E-state index contributed by atoms with van der Waals surface area (Å²) < 4.78 is 5.71. The van der Waals surface area contributed by atoms with Crippen molar-refractivity contribution in [1.82, 2.24) is 5.32 Å². The summed E-state index contributed by atoms with van der Waals surface area (Å²) in [4.78, 5) is 13.9. The van der Waals surface area contributed by atoms with Crippen LogP contribution >= 0.6 is 0 Å². The molecule has 1 aromatic rings. The number of hydrogen-bond acceptors (Lipinski definition) is 4. The Morgan fingerprint density at radius 3 is 2.90 bits per heavy atom. The third-order valence-corrected chi connectivity index (χ3v) is 3.77. The molecule has 0 radical (unpaired) electrons. The lowest BCUT2D eigenvalue weighted by Gasteiger charge is -2.40. The molecule has 1 amide bonds. The van der Waals surface area contributed by atoms with Gasteiger partial charge < -0.3 is 20.7 Å². The van der Waals surface area contributed by atoms with Crippen molar-refractivity contribution in [3.8, 4) is 0 Å². The van der Waals surface area contributed by atoms with Crippen molar-refractivity contribution in [3.05, 3.63) is 23.8 Å². The summed E-state index contributed by atoms with van der Waals surface area (Å²) in [5.41, 5.74) is 8.35. The summed E-state index contributed by atoms with van der Waals surface area (Å²) in [6.07, 6.45) is 1.19. The van der Waals surface area contributed by atoms with Crippen LogP contribution in [0.5, 0.6) is 0 Å². The molecule has 2 rings (SSSR count). The number of nitrogens with zero attached hydrogens (tertiary/aromatic N) is 1. The van der Waals surface area contributed by atoms with Gasteiger partial charge in [0.1, 0.15) is 0 Å². The molecule has 1 aliphatic heterocycles. The van der Waals surface area contributed by atoms with E-state index in [1.807, 2.05) is 12.1 Å². The summed E-state index contributed by atoms with van der Waals surface area (Å²) in [5.74, 6) is -0.120. The number of carbonyl (C=O) groups is 1. The van der Waals surface area contributed by atoms with Gasteiger partial charge in [-0.1, -0.05) is 6.92 Å². The van der Waals surface area contributed by atoms with E-state index in [0.717, 1.165) is 18.7 Å². The zero-order chi connectivity index (χ0) is 14.7. The van der Waals surface area contributed by atoms with Crippen molar-refractivity contribution in [3.63, 3.8) is 0 Å². The highest BCUT2D eigenvalue weighted by atomic mass is 16.5. The highest BCUT2D eigenvalue weighted by molar-refractivity contribution is 5.96. The first kappa shape index (κ1) is 14.7. The van der Waals surface area contributed by atoms with E-state index in [9.17, 15) is 4.79 Å². The van der Waals surface area contributed by atoms with Crippen molar-refractivity contribution in [1.29, 1.82) is 0 Å². The predicted molar refractivity (Wildman–Crippen MR) is 81.1 cm³/mol. The van der Waals surface area contributed by atoms with E-state index in [2.05, 4.69) is 24.1 Å². The molecule has 1 aromatic carbocycles. The topological polar surface area (TPSA) is 67.6 Å². The van der Waals surface area contributed by atoms with Crippen molar-refractivity contribution < 1.29 is 9.53 Å². The van der Waals surface area contributed by atoms with E-state index in [1.54, 1.807) is 13.1 Å². The maximum absolute atomic E-state index is 11.6. The lowest BCUT2D eigenvalue weighted by molar-refractivity contribution is 0.0300. The number of ether oxygens (including phenoxy) is 1. The minimum atomic E-state index is -0.120. The first-order valence-electron chi connectivity index (χ1n) is 7.06. The summed E-state index contributed by atoms with van der Waals surface area (Å²) >= 11 is 0. The Bertz CT molecular complexity index is 490. The number of nitrogens with one attached hydrogen (secondary N) is 1. The van der Waals surface area contributed by atoms with E-state index < -0.39 is 0 Å². The van der Waals surface area contributed by atoms with Crippen LogP contribution in [0.2, 0.25) is 0 Å². The molecule has 2 unspecified atom stereocenters. The molecule has 3 N–H and O–H groups in total. The number of anilines is 2. The van der Waals surface area contributed by atoms with E-state index in [1.165, 1.54) is 0 Å². The second-order valence-corrected chi connectivity index (χ2v) is 5.21. The Kier molecular flexibility index (Phi) is 4.49.